The molecule has 0 radical (unpaired) electrons. The highest BCUT2D eigenvalue weighted by Gasteiger charge is 2.13. The lowest BCUT2D eigenvalue weighted by molar-refractivity contribution is 1.11. The zero-order chi connectivity index (χ0) is 17.2. The summed E-state index contributed by atoms with van der Waals surface area (Å²) in [6.45, 7) is 2.71. The summed E-state index contributed by atoms with van der Waals surface area (Å²) in [7, 11) is 0. The molecule has 3 nitrogen and oxygen atoms in total. The number of aryl methyl sites for hydroxylation is 1. The van der Waals surface area contributed by atoms with E-state index in [-0.39, 0.29) is 0 Å². The van der Waals surface area contributed by atoms with Gasteiger partial charge in [0.15, 0.2) is 0 Å². The number of thiophene rings is 1. The number of anilines is 1. The quantitative estimate of drug-likeness (QED) is 0.487. The number of halogens is 1. The number of fused-ring (bicyclic) bond motifs is 1. The van der Waals surface area contributed by atoms with Crippen molar-refractivity contribution in [3.05, 3.63) is 76.4 Å². The molecule has 2 aromatic carbocycles. The highest BCUT2D eigenvalue weighted by Crippen LogP contribution is 2.36. The SMILES string of the molecule is Cc1ccc(-c2csc3ncnc(NCc4ccccc4Cl)c23)cc1. The Bertz CT molecular complexity index is 1020. The fourth-order valence-corrected chi connectivity index (χ4v) is 3.89. The first-order chi connectivity index (χ1) is 12.2. The van der Waals surface area contributed by atoms with Gasteiger partial charge in [0, 0.05) is 22.5 Å². The number of benzene rings is 2. The molecule has 0 saturated carbocycles. The van der Waals surface area contributed by atoms with E-state index in [0.29, 0.717) is 6.54 Å². The molecule has 4 rings (SSSR count). The highest BCUT2D eigenvalue weighted by molar-refractivity contribution is 7.17. The lowest BCUT2D eigenvalue weighted by Crippen LogP contribution is -2.02. The first-order valence-corrected chi connectivity index (χ1v) is 9.24. The van der Waals surface area contributed by atoms with Crippen LogP contribution in [0.1, 0.15) is 11.1 Å². The van der Waals surface area contributed by atoms with Gasteiger partial charge in [0.1, 0.15) is 17.0 Å². The summed E-state index contributed by atoms with van der Waals surface area (Å²) in [5.41, 5.74) is 4.62. The van der Waals surface area contributed by atoms with E-state index in [1.165, 1.54) is 11.1 Å². The summed E-state index contributed by atoms with van der Waals surface area (Å²) in [4.78, 5) is 9.87. The molecule has 0 spiro atoms. The van der Waals surface area contributed by atoms with Crippen LogP contribution in [-0.4, -0.2) is 9.97 Å². The lowest BCUT2D eigenvalue weighted by Gasteiger charge is -2.09. The number of hydrogen-bond acceptors (Lipinski definition) is 4. The van der Waals surface area contributed by atoms with Crippen LogP contribution in [0, 0.1) is 6.92 Å². The summed E-state index contributed by atoms with van der Waals surface area (Å²) in [5, 5.41) is 7.38. The molecular formula is C20H16ClN3S. The van der Waals surface area contributed by atoms with E-state index >= 15 is 0 Å². The van der Waals surface area contributed by atoms with E-state index in [9.17, 15) is 0 Å². The van der Waals surface area contributed by atoms with Crippen molar-refractivity contribution in [1.29, 1.82) is 0 Å². The Morgan fingerprint density at radius 1 is 1.04 bits per heavy atom. The predicted octanol–water partition coefficient (Wildman–Crippen LogP) is 5.93. The molecule has 2 aromatic heterocycles. The van der Waals surface area contributed by atoms with E-state index in [2.05, 4.69) is 51.9 Å². The van der Waals surface area contributed by atoms with Gasteiger partial charge in [0.25, 0.3) is 0 Å². The fourth-order valence-electron chi connectivity index (χ4n) is 2.78. The van der Waals surface area contributed by atoms with Crippen molar-refractivity contribution in [2.24, 2.45) is 0 Å². The minimum Gasteiger partial charge on any atom is -0.365 e. The standard InChI is InChI=1S/C20H16ClN3S/c1-13-6-8-14(9-7-13)16-11-25-20-18(16)19(23-12-24-20)22-10-15-4-2-3-5-17(15)21/h2-9,11-12H,10H2,1H3,(H,22,23,24). The predicted molar refractivity (Wildman–Crippen MR) is 106 cm³/mol. The molecular weight excluding hydrogens is 350 g/mol. The fraction of sp³-hybridized carbons (Fsp3) is 0.100. The molecule has 4 aromatic rings. The maximum absolute atomic E-state index is 6.26. The molecule has 0 atom stereocenters. The number of nitrogens with one attached hydrogen (secondary N) is 1. The highest BCUT2D eigenvalue weighted by atomic mass is 35.5. The first kappa shape index (κ1) is 16.1. The second-order valence-electron chi connectivity index (χ2n) is 5.86. The topological polar surface area (TPSA) is 37.8 Å². The Labute approximate surface area is 155 Å². The van der Waals surface area contributed by atoms with Crippen molar-refractivity contribution < 1.29 is 0 Å². The average molecular weight is 366 g/mol. The molecule has 0 bridgehead atoms. The summed E-state index contributed by atoms with van der Waals surface area (Å²) in [6, 6.07) is 16.4. The number of rotatable bonds is 4. The minimum absolute atomic E-state index is 0.620. The monoisotopic (exact) mass is 365 g/mol. The summed E-state index contributed by atoms with van der Waals surface area (Å²) >= 11 is 7.89. The molecule has 0 aliphatic heterocycles. The van der Waals surface area contributed by atoms with Crippen molar-refractivity contribution in [3.63, 3.8) is 0 Å². The number of hydrogen-bond donors (Lipinski definition) is 1. The second-order valence-corrected chi connectivity index (χ2v) is 7.13. The van der Waals surface area contributed by atoms with Gasteiger partial charge in [-0.3, -0.25) is 0 Å². The average Bonchev–Trinajstić information content (AvgIpc) is 3.06. The summed E-state index contributed by atoms with van der Waals surface area (Å²) in [6.07, 6.45) is 1.60. The van der Waals surface area contributed by atoms with Crippen LogP contribution < -0.4 is 5.32 Å². The molecule has 0 aliphatic carbocycles. The lowest BCUT2D eigenvalue weighted by atomic mass is 10.0. The van der Waals surface area contributed by atoms with Crippen LogP contribution in [0.4, 0.5) is 5.82 Å². The molecule has 2 heterocycles. The maximum Gasteiger partial charge on any atom is 0.139 e. The van der Waals surface area contributed by atoms with E-state index in [1.807, 2.05) is 24.3 Å². The third-order valence-corrected chi connectivity index (χ3v) is 5.39. The van der Waals surface area contributed by atoms with Crippen LogP contribution in [0.2, 0.25) is 5.02 Å². The van der Waals surface area contributed by atoms with Crippen molar-refractivity contribution in [2.75, 3.05) is 5.32 Å². The van der Waals surface area contributed by atoms with Crippen LogP contribution in [0.15, 0.2) is 60.2 Å². The first-order valence-electron chi connectivity index (χ1n) is 7.99. The van der Waals surface area contributed by atoms with Crippen LogP contribution in [0.5, 0.6) is 0 Å². The van der Waals surface area contributed by atoms with Gasteiger partial charge in [-0.2, -0.15) is 0 Å². The normalized spacial score (nSPS) is 11.0. The van der Waals surface area contributed by atoms with Gasteiger partial charge < -0.3 is 5.32 Å². The Hall–Kier alpha value is -2.43. The molecule has 0 aliphatic rings. The van der Waals surface area contributed by atoms with E-state index < -0.39 is 0 Å². The van der Waals surface area contributed by atoms with Crippen molar-refractivity contribution in [2.45, 2.75) is 13.5 Å². The molecule has 0 saturated heterocycles. The molecule has 0 amide bonds. The molecule has 5 heteroatoms. The van der Waals surface area contributed by atoms with E-state index in [1.54, 1.807) is 17.7 Å². The third-order valence-electron chi connectivity index (χ3n) is 4.14. The smallest absolute Gasteiger partial charge is 0.139 e. The zero-order valence-electron chi connectivity index (χ0n) is 13.7. The van der Waals surface area contributed by atoms with Crippen LogP contribution in [-0.2, 0) is 6.54 Å². The van der Waals surface area contributed by atoms with Gasteiger partial charge in [-0.05, 0) is 24.1 Å². The van der Waals surface area contributed by atoms with Crippen LogP contribution in [0.3, 0.4) is 0 Å². The van der Waals surface area contributed by atoms with Gasteiger partial charge in [0.2, 0.25) is 0 Å². The third kappa shape index (κ3) is 3.23. The Morgan fingerprint density at radius 2 is 1.84 bits per heavy atom. The van der Waals surface area contributed by atoms with Gasteiger partial charge in [0.05, 0.1) is 5.39 Å². The Morgan fingerprint density at radius 3 is 2.64 bits per heavy atom. The Kier molecular flexibility index (Phi) is 4.38. The largest absolute Gasteiger partial charge is 0.365 e. The van der Waals surface area contributed by atoms with E-state index in [0.717, 1.165) is 32.2 Å². The van der Waals surface area contributed by atoms with Gasteiger partial charge in [-0.25, -0.2) is 9.97 Å². The molecule has 124 valence electrons. The molecule has 1 N–H and O–H groups in total. The maximum atomic E-state index is 6.26. The van der Waals surface area contributed by atoms with Crippen LogP contribution >= 0.6 is 22.9 Å². The van der Waals surface area contributed by atoms with Gasteiger partial charge in [-0.15, -0.1) is 11.3 Å². The van der Waals surface area contributed by atoms with Gasteiger partial charge in [-0.1, -0.05) is 59.6 Å². The summed E-state index contributed by atoms with van der Waals surface area (Å²) < 4.78 is 0. The zero-order valence-corrected chi connectivity index (χ0v) is 15.2. The van der Waals surface area contributed by atoms with Crippen molar-refractivity contribution in [3.8, 4) is 11.1 Å². The molecule has 0 unspecified atom stereocenters. The van der Waals surface area contributed by atoms with Gasteiger partial charge >= 0.3 is 0 Å². The molecule has 0 fully saturated rings. The number of aromatic nitrogens is 2. The molecule has 25 heavy (non-hydrogen) atoms. The minimum atomic E-state index is 0.620. The van der Waals surface area contributed by atoms with E-state index in [4.69, 9.17) is 11.6 Å². The summed E-state index contributed by atoms with van der Waals surface area (Å²) in [5.74, 6) is 0.835. The second kappa shape index (κ2) is 6.82. The van der Waals surface area contributed by atoms with Crippen LogP contribution in [0.25, 0.3) is 21.3 Å². The Balaban J connectivity index is 1.73. The van der Waals surface area contributed by atoms with Crippen molar-refractivity contribution >= 4 is 39.0 Å². The number of nitrogens with zero attached hydrogens (tertiary/aromatic N) is 2. The van der Waals surface area contributed by atoms with Crippen molar-refractivity contribution in [1.82, 2.24) is 9.97 Å².